The molecular weight excluding hydrogens is 318 g/mol. The van der Waals surface area contributed by atoms with Gasteiger partial charge in [0, 0.05) is 25.3 Å². The van der Waals surface area contributed by atoms with Gasteiger partial charge in [0.05, 0.1) is 19.3 Å². The standard InChI is InChI=1S/C19H23N3O3/c1-13-5-10-17(25-4)16(11-13)21-18(23)12-20-19(24)14-6-8-15(9-7-14)22(2)3/h5-11H,12H2,1-4H3,(H,20,24)(H,21,23). The minimum atomic E-state index is -0.317. The monoisotopic (exact) mass is 341 g/mol. The maximum absolute atomic E-state index is 12.1. The molecule has 0 unspecified atom stereocenters. The van der Waals surface area contributed by atoms with Crippen LogP contribution in [0.5, 0.6) is 5.75 Å². The Bertz CT molecular complexity index is 755. The van der Waals surface area contributed by atoms with Crippen LogP contribution >= 0.6 is 0 Å². The molecule has 2 aromatic carbocycles. The molecule has 0 spiro atoms. The van der Waals surface area contributed by atoms with Crippen molar-refractivity contribution in [2.45, 2.75) is 6.92 Å². The number of rotatable bonds is 6. The number of carbonyl (C=O) groups is 2. The average Bonchev–Trinajstić information content (AvgIpc) is 2.60. The van der Waals surface area contributed by atoms with E-state index in [4.69, 9.17) is 4.74 Å². The van der Waals surface area contributed by atoms with Crippen molar-refractivity contribution in [1.29, 1.82) is 0 Å². The van der Waals surface area contributed by atoms with Gasteiger partial charge in [0.2, 0.25) is 5.91 Å². The van der Waals surface area contributed by atoms with Gasteiger partial charge in [0.25, 0.3) is 5.91 Å². The number of aryl methyl sites for hydroxylation is 1. The normalized spacial score (nSPS) is 10.1. The summed E-state index contributed by atoms with van der Waals surface area (Å²) < 4.78 is 5.22. The summed E-state index contributed by atoms with van der Waals surface area (Å²) in [6, 6.07) is 12.7. The second kappa shape index (κ2) is 8.19. The van der Waals surface area contributed by atoms with Crippen molar-refractivity contribution < 1.29 is 14.3 Å². The highest BCUT2D eigenvalue weighted by Gasteiger charge is 2.11. The first-order valence-corrected chi connectivity index (χ1v) is 7.91. The van der Waals surface area contributed by atoms with E-state index in [9.17, 15) is 9.59 Å². The van der Waals surface area contributed by atoms with Gasteiger partial charge in [-0.05, 0) is 48.9 Å². The Morgan fingerprint density at radius 3 is 2.36 bits per heavy atom. The summed E-state index contributed by atoms with van der Waals surface area (Å²) in [6.07, 6.45) is 0. The van der Waals surface area contributed by atoms with Crippen molar-refractivity contribution in [2.24, 2.45) is 0 Å². The molecule has 0 saturated heterocycles. The number of hydrogen-bond donors (Lipinski definition) is 2. The van der Waals surface area contributed by atoms with Crippen LogP contribution in [0, 0.1) is 6.92 Å². The lowest BCUT2D eigenvalue weighted by atomic mass is 10.2. The molecule has 6 nitrogen and oxygen atoms in total. The maximum atomic E-state index is 12.1. The van der Waals surface area contributed by atoms with Crippen molar-refractivity contribution >= 4 is 23.2 Å². The minimum Gasteiger partial charge on any atom is -0.495 e. The highest BCUT2D eigenvalue weighted by Crippen LogP contribution is 2.24. The number of hydrogen-bond acceptors (Lipinski definition) is 4. The molecule has 0 aliphatic carbocycles. The van der Waals surface area contributed by atoms with Crippen LogP contribution in [-0.4, -0.2) is 39.6 Å². The van der Waals surface area contributed by atoms with Gasteiger partial charge < -0.3 is 20.3 Å². The third-order valence-electron chi connectivity index (χ3n) is 3.68. The Labute approximate surface area is 147 Å². The molecule has 0 aliphatic heterocycles. The zero-order valence-corrected chi connectivity index (χ0v) is 14.9. The molecule has 0 saturated carbocycles. The number of methoxy groups -OCH3 is 1. The Kier molecular flexibility index (Phi) is 6.00. The molecule has 0 aromatic heterocycles. The van der Waals surface area contributed by atoms with E-state index in [2.05, 4.69) is 10.6 Å². The number of ether oxygens (including phenoxy) is 1. The van der Waals surface area contributed by atoms with E-state index in [1.165, 1.54) is 0 Å². The van der Waals surface area contributed by atoms with E-state index in [0.717, 1.165) is 11.3 Å². The molecule has 2 N–H and O–H groups in total. The molecule has 0 heterocycles. The van der Waals surface area contributed by atoms with Gasteiger partial charge in [-0.3, -0.25) is 9.59 Å². The van der Waals surface area contributed by atoms with Gasteiger partial charge in [-0.15, -0.1) is 0 Å². The predicted octanol–water partition coefficient (Wildman–Crippen LogP) is 2.44. The summed E-state index contributed by atoms with van der Waals surface area (Å²) in [4.78, 5) is 26.2. The smallest absolute Gasteiger partial charge is 0.251 e. The van der Waals surface area contributed by atoms with Crippen LogP contribution < -0.4 is 20.3 Å². The molecule has 0 radical (unpaired) electrons. The van der Waals surface area contributed by atoms with Gasteiger partial charge in [-0.25, -0.2) is 0 Å². The number of nitrogens with zero attached hydrogens (tertiary/aromatic N) is 1. The number of benzene rings is 2. The SMILES string of the molecule is COc1ccc(C)cc1NC(=O)CNC(=O)c1ccc(N(C)C)cc1. The summed E-state index contributed by atoms with van der Waals surface area (Å²) in [6.45, 7) is 1.81. The van der Waals surface area contributed by atoms with Crippen LogP contribution in [0.15, 0.2) is 42.5 Å². The lowest BCUT2D eigenvalue weighted by Gasteiger charge is -2.13. The van der Waals surface area contributed by atoms with Crippen LogP contribution in [0.3, 0.4) is 0 Å². The largest absolute Gasteiger partial charge is 0.495 e. The van der Waals surface area contributed by atoms with Gasteiger partial charge in [0.15, 0.2) is 0 Å². The second-order valence-corrected chi connectivity index (χ2v) is 5.88. The van der Waals surface area contributed by atoms with Crippen LogP contribution in [0.4, 0.5) is 11.4 Å². The molecule has 2 aromatic rings. The van der Waals surface area contributed by atoms with Crippen molar-refractivity contribution in [3.05, 3.63) is 53.6 Å². The van der Waals surface area contributed by atoms with E-state index in [1.807, 2.05) is 50.2 Å². The minimum absolute atomic E-state index is 0.120. The maximum Gasteiger partial charge on any atom is 0.251 e. The Hall–Kier alpha value is -3.02. The lowest BCUT2D eigenvalue weighted by Crippen LogP contribution is -2.32. The van der Waals surface area contributed by atoms with Gasteiger partial charge in [0.1, 0.15) is 5.75 Å². The van der Waals surface area contributed by atoms with Crippen molar-refractivity contribution in [3.63, 3.8) is 0 Å². The molecule has 0 aliphatic rings. The fourth-order valence-corrected chi connectivity index (χ4v) is 2.29. The predicted molar refractivity (Wildman–Crippen MR) is 99.5 cm³/mol. The average molecular weight is 341 g/mol. The fraction of sp³-hybridized carbons (Fsp3) is 0.263. The van der Waals surface area contributed by atoms with Gasteiger partial charge in [-0.2, -0.15) is 0 Å². The molecular formula is C19H23N3O3. The third-order valence-corrected chi connectivity index (χ3v) is 3.68. The summed E-state index contributed by atoms with van der Waals surface area (Å²) in [5.41, 5.74) is 3.09. The number of amides is 2. The van der Waals surface area contributed by atoms with E-state index in [1.54, 1.807) is 25.3 Å². The first-order valence-electron chi connectivity index (χ1n) is 7.91. The lowest BCUT2D eigenvalue weighted by molar-refractivity contribution is -0.115. The molecule has 6 heteroatoms. The highest BCUT2D eigenvalue weighted by molar-refractivity contribution is 6.00. The van der Waals surface area contributed by atoms with Crippen LogP contribution in [-0.2, 0) is 4.79 Å². The molecule has 2 amide bonds. The molecule has 132 valence electrons. The summed E-state index contributed by atoms with van der Waals surface area (Å²) >= 11 is 0. The fourth-order valence-electron chi connectivity index (χ4n) is 2.29. The summed E-state index contributed by atoms with van der Waals surface area (Å²) in [5, 5.41) is 5.36. The van der Waals surface area contributed by atoms with Crippen molar-refractivity contribution in [1.82, 2.24) is 5.32 Å². The quantitative estimate of drug-likeness (QED) is 0.847. The van der Waals surface area contributed by atoms with Crippen LogP contribution in [0.25, 0.3) is 0 Å². The van der Waals surface area contributed by atoms with Crippen molar-refractivity contribution in [2.75, 3.05) is 38.0 Å². The summed E-state index contributed by atoms with van der Waals surface area (Å²) in [7, 11) is 5.40. The molecule has 0 atom stereocenters. The number of nitrogens with one attached hydrogen (secondary N) is 2. The Balaban J connectivity index is 1.93. The van der Waals surface area contributed by atoms with E-state index in [-0.39, 0.29) is 18.4 Å². The number of anilines is 2. The zero-order valence-electron chi connectivity index (χ0n) is 14.9. The second-order valence-electron chi connectivity index (χ2n) is 5.88. The van der Waals surface area contributed by atoms with Gasteiger partial charge in [-0.1, -0.05) is 6.07 Å². The summed E-state index contributed by atoms with van der Waals surface area (Å²) in [5.74, 6) is -0.0385. The molecule has 0 bridgehead atoms. The third kappa shape index (κ3) is 4.97. The molecule has 2 rings (SSSR count). The van der Waals surface area contributed by atoms with Gasteiger partial charge >= 0.3 is 0 Å². The topological polar surface area (TPSA) is 70.7 Å². The Morgan fingerprint density at radius 1 is 1.08 bits per heavy atom. The van der Waals surface area contributed by atoms with Crippen LogP contribution in [0.2, 0.25) is 0 Å². The van der Waals surface area contributed by atoms with E-state index in [0.29, 0.717) is 17.0 Å². The Morgan fingerprint density at radius 2 is 1.76 bits per heavy atom. The molecule has 25 heavy (non-hydrogen) atoms. The number of carbonyl (C=O) groups excluding carboxylic acids is 2. The molecule has 0 fully saturated rings. The van der Waals surface area contributed by atoms with E-state index < -0.39 is 0 Å². The first-order chi connectivity index (χ1) is 11.9. The van der Waals surface area contributed by atoms with E-state index >= 15 is 0 Å². The zero-order chi connectivity index (χ0) is 18.4. The highest BCUT2D eigenvalue weighted by atomic mass is 16.5. The van der Waals surface area contributed by atoms with Crippen molar-refractivity contribution in [3.8, 4) is 5.75 Å². The first kappa shape index (κ1) is 18.3. The van der Waals surface area contributed by atoms with Crippen LogP contribution in [0.1, 0.15) is 15.9 Å².